The minimum absolute atomic E-state index is 0.00966. The maximum atomic E-state index is 13.4. The molecule has 0 spiro atoms. The Morgan fingerprint density at radius 3 is 2.68 bits per heavy atom. The van der Waals surface area contributed by atoms with Gasteiger partial charge in [-0.3, -0.25) is 0 Å². The lowest BCUT2D eigenvalue weighted by atomic mass is 9.74. The molecule has 6 nitrogen and oxygen atoms in total. The summed E-state index contributed by atoms with van der Waals surface area (Å²) in [6, 6.07) is 7.81. The highest BCUT2D eigenvalue weighted by atomic mass is 35.5. The van der Waals surface area contributed by atoms with Crippen molar-refractivity contribution >= 4 is 17.6 Å². The van der Waals surface area contributed by atoms with E-state index in [0.717, 1.165) is 57.4 Å². The summed E-state index contributed by atoms with van der Waals surface area (Å²) in [6.45, 7) is 6.18. The van der Waals surface area contributed by atoms with Crippen molar-refractivity contribution in [3.8, 4) is 0 Å². The van der Waals surface area contributed by atoms with E-state index in [9.17, 15) is 9.90 Å². The molecule has 0 radical (unpaired) electrons. The second-order valence-electron chi connectivity index (χ2n) is 11.4. The summed E-state index contributed by atoms with van der Waals surface area (Å²) < 4.78 is 0. The third kappa shape index (κ3) is 9.42. The van der Waals surface area contributed by atoms with E-state index in [-0.39, 0.29) is 18.0 Å². The van der Waals surface area contributed by atoms with Crippen LogP contribution in [0.15, 0.2) is 24.3 Å². The molecule has 3 rings (SSSR count). The van der Waals surface area contributed by atoms with E-state index in [2.05, 4.69) is 22.9 Å². The highest BCUT2D eigenvalue weighted by Gasteiger charge is 2.41. The molecule has 210 valence electrons. The lowest BCUT2D eigenvalue weighted by Crippen LogP contribution is -2.54. The first-order valence-corrected chi connectivity index (χ1v) is 15.2. The molecule has 2 amide bonds. The predicted molar refractivity (Wildman–Crippen MR) is 154 cm³/mol. The lowest BCUT2D eigenvalue weighted by molar-refractivity contribution is -0.0552. The molecule has 0 aromatic heterocycles. The highest BCUT2D eigenvalue weighted by molar-refractivity contribution is 6.30. The average Bonchev–Trinajstić information content (AvgIpc) is 2.91. The van der Waals surface area contributed by atoms with Crippen molar-refractivity contribution in [2.45, 2.75) is 95.6 Å². The molecule has 37 heavy (non-hydrogen) atoms. The second-order valence-corrected chi connectivity index (χ2v) is 11.8. The van der Waals surface area contributed by atoms with Crippen molar-refractivity contribution in [1.82, 2.24) is 20.9 Å². The number of carbonyl (C=O) groups is 1. The minimum Gasteiger partial charge on any atom is -0.385 e. The highest BCUT2D eigenvalue weighted by Crippen LogP contribution is 2.40. The van der Waals surface area contributed by atoms with Gasteiger partial charge in [-0.05, 0) is 82.3 Å². The number of likely N-dealkylation sites (N-methyl/N-ethyl adjacent to an activating group) is 1. The number of nitrogens with zero attached hydrogens (tertiary/aromatic N) is 1. The van der Waals surface area contributed by atoms with E-state index in [1.807, 2.05) is 36.2 Å². The Hall–Kier alpha value is -1.34. The first-order valence-electron chi connectivity index (χ1n) is 14.9. The van der Waals surface area contributed by atoms with Crippen LogP contribution in [0.5, 0.6) is 0 Å². The molecule has 0 bridgehead atoms. The van der Waals surface area contributed by atoms with Gasteiger partial charge in [0.1, 0.15) is 0 Å². The topological polar surface area (TPSA) is 76.6 Å². The molecule has 2 aliphatic rings. The van der Waals surface area contributed by atoms with Crippen molar-refractivity contribution in [2.75, 3.05) is 39.8 Å². The zero-order chi connectivity index (χ0) is 26.5. The summed E-state index contributed by atoms with van der Waals surface area (Å²) in [7, 11) is 1.96. The normalized spacial score (nSPS) is 21.4. The third-order valence-electron chi connectivity index (χ3n) is 8.45. The van der Waals surface area contributed by atoms with E-state index in [4.69, 9.17) is 11.6 Å². The standard InChI is InChI=1S/C30H51ClN4O2/c1-3-4-17-33-18-10-16-30(37,25-13-8-15-27(31)21-25)26-14-9-19-35(23-26)29(36)34-28(22-32-2)20-24-11-6-5-7-12-24/h8,13,15,21,24,26,28,32-33,37H,3-7,9-12,14,16-20,22-23H2,1-2H3,(H,34,36)/t26-,28+,30-/m1/s1. The Kier molecular flexibility index (Phi) is 13.0. The summed E-state index contributed by atoms with van der Waals surface area (Å²) in [5.41, 5.74) is -0.144. The average molecular weight is 535 g/mol. The van der Waals surface area contributed by atoms with Crippen molar-refractivity contribution in [2.24, 2.45) is 11.8 Å². The van der Waals surface area contributed by atoms with Crippen LogP contribution in [0, 0.1) is 11.8 Å². The van der Waals surface area contributed by atoms with Gasteiger partial charge in [0.25, 0.3) is 0 Å². The van der Waals surface area contributed by atoms with E-state index in [1.54, 1.807) is 0 Å². The summed E-state index contributed by atoms with van der Waals surface area (Å²) in [4.78, 5) is 15.4. The van der Waals surface area contributed by atoms with E-state index >= 15 is 0 Å². The van der Waals surface area contributed by atoms with Gasteiger partial charge in [0.2, 0.25) is 0 Å². The predicted octanol–water partition coefficient (Wildman–Crippen LogP) is 5.68. The molecule has 1 heterocycles. The number of hydrogen-bond acceptors (Lipinski definition) is 4. The Labute approximate surface area is 230 Å². The number of likely N-dealkylation sites (tertiary alicyclic amines) is 1. The quantitative estimate of drug-likeness (QED) is 0.232. The SMILES string of the molecule is CCCCNCCC[C@@](O)(c1cccc(Cl)c1)[C@@H]1CCCN(C(=O)N[C@H](CNC)CC2CCCCC2)C1. The van der Waals surface area contributed by atoms with Gasteiger partial charge in [0.15, 0.2) is 0 Å². The van der Waals surface area contributed by atoms with Crippen molar-refractivity contribution in [1.29, 1.82) is 0 Å². The number of aliphatic hydroxyl groups is 1. The molecule has 1 aliphatic heterocycles. The molecular formula is C30H51ClN4O2. The maximum absolute atomic E-state index is 13.4. The number of urea groups is 1. The Balaban J connectivity index is 1.65. The molecular weight excluding hydrogens is 484 g/mol. The summed E-state index contributed by atoms with van der Waals surface area (Å²) >= 11 is 6.35. The number of rotatable bonds is 14. The monoisotopic (exact) mass is 534 g/mol. The molecule has 7 heteroatoms. The zero-order valence-corrected chi connectivity index (χ0v) is 24.0. The minimum atomic E-state index is -1.01. The van der Waals surface area contributed by atoms with Gasteiger partial charge in [-0.1, -0.05) is 69.2 Å². The second kappa shape index (κ2) is 15.9. The number of benzene rings is 1. The Bertz CT molecular complexity index is 804. The number of amides is 2. The van der Waals surface area contributed by atoms with Gasteiger partial charge in [-0.25, -0.2) is 4.79 Å². The fourth-order valence-electron chi connectivity index (χ4n) is 6.33. The molecule has 2 fully saturated rings. The number of hydrogen-bond donors (Lipinski definition) is 4. The van der Waals surface area contributed by atoms with Gasteiger partial charge >= 0.3 is 6.03 Å². The molecule has 4 N–H and O–H groups in total. The van der Waals surface area contributed by atoms with Crippen LogP contribution in [0.1, 0.15) is 89.5 Å². The number of unbranched alkanes of at least 4 members (excludes halogenated alkanes) is 1. The molecule has 1 aromatic carbocycles. The van der Waals surface area contributed by atoms with Crippen LogP contribution in [0.3, 0.4) is 0 Å². The van der Waals surface area contributed by atoms with Gasteiger partial charge in [-0.2, -0.15) is 0 Å². The third-order valence-corrected chi connectivity index (χ3v) is 8.68. The van der Waals surface area contributed by atoms with Gasteiger partial charge in [-0.15, -0.1) is 0 Å². The molecule has 1 aliphatic carbocycles. The zero-order valence-electron chi connectivity index (χ0n) is 23.2. The van der Waals surface area contributed by atoms with E-state index in [0.29, 0.717) is 23.9 Å². The maximum Gasteiger partial charge on any atom is 0.317 e. The fourth-order valence-corrected chi connectivity index (χ4v) is 6.52. The largest absolute Gasteiger partial charge is 0.385 e. The number of piperidine rings is 1. The molecule has 1 saturated carbocycles. The van der Waals surface area contributed by atoms with Crippen molar-refractivity contribution in [3.05, 3.63) is 34.9 Å². The summed E-state index contributed by atoms with van der Waals surface area (Å²) in [5, 5.41) is 22.9. The smallest absolute Gasteiger partial charge is 0.317 e. The molecule has 0 unspecified atom stereocenters. The van der Waals surface area contributed by atoms with Gasteiger partial charge in [0, 0.05) is 36.6 Å². The van der Waals surface area contributed by atoms with Crippen LogP contribution in [-0.4, -0.2) is 61.9 Å². The fraction of sp³-hybridized carbons (Fsp3) is 0.767. The molecule has 1 aromatic rings. The first-order chi connectivity index (χ1) is 18.0. The van der Waals surface area contributed by atoms with Gasteiger partial charge < -0.3 is 26.0 Å². The van der Waals surface area contributed by atoms with Crippen LogP contribution in [-0.2, 0) is 5.60 Å². The van der Waals surface area contributed by atoms with Crippen LogP contribution >= 0.6 is 11.6 Å². The number of carbonyl (C=O) groups excluding carboxylic acids is 1. The number of nitrogens with one attached hydrogen (secondary N) is 3. The first kappa shape index (κ1) is 30.2. The van der Waals surface area contributed by atoms with Gasteiger partial charge in [0.05, 0.1) is 5.60 Å². The Morgan fingerprint density at radius 2 is 1.95 bits per heavy atom. The van der Waals surface area contributed by atoms with Crippen LogP contribution in [0.25, 0.3) is 0 Å². The van der Waals surface area contributed by atoms with E-state index < -0.39 is 5.60 Å². The van der Waals surface area contributed by atoms with Crippen molar-refractivity contribution < 1.29 is 9.90 Å². The summed E-state index contributed by atoms with van der Waals surface area (Å²) in [6.07, 6.45) is 13.2. The molecule has 1 saturated heterocycles. The van der Waals surface area contributed by atoms with Crippen LogP contribution in [0.2, 0.25) is 5.02 Å². The number of halogens is 1. The Morgan fingerprint density at radius 1 is 1.16 bits per heavy atom. The lowest BCUT2D eigenvalue weighted by Gasteiger charge is -2.43. The van der Waals surface area contributed by atoms with Crippen LogP contribution in [0.4, 0.5) is 4.79 Å². The molecule has 3 atom stereocenters. The van der Waals surface area contributed by atoms with E-state index in [1.165, 1.54) is 44.9 Å². The summed E-state index contributed by atoms with van der Waals surface area (Å²) in [5.74, 6) is 0.683. The van der Waals surface area contributed by atoms with Crippen LogP contribution < -0.4 is 16.0 Å². The van der Waals surface area contributed by atoms with Crippen molar-refractivity contribution in [3.63, 3.8) is 0 Å².